The van der Waals surface area contributed by atoms with Crippen molar-refractivity contribution in [1.29, 1.82) is 0 Å². The lowest BCUT2D eigenvalue weighted by Gasteiger charge is -2.23. The lowest BCUT2D eigenvalue weighted by Crippen LogP contribution is -2.37. The maximum absolute atomic E-state index is 5.80. The number of nitrogens with one attached hydrogen (secondary N) is 1. The summed E-state index contributed by atoms with van der Waals surface area (Å²) in [7, 11) is 0. The molecule has 3 rings (SSSR count). The molecule has 1 N–H and O–H groups in total. The van der Waals surface area contributed by atoms with Crippen molar-refractivity contribution in [2.24, 2.45) is 0 Å². The summed E-state index contributed by atoms with van der Waals surface area (Å²) < 4.78 is 22.5. The van der Waals surface area contributed by atoms with Gasteiger partial charge in [-0.05, 0) is 6.07 Å². The van der Waals surface area contributed by atoms with E-state index in [1.165, 1.54) is 0 Å². The molecule has 0 bridgehead atoms. The van der Waals surface area contributed by atoms with E-state index in [1.807, 2.05) is 12.1 Å². The van der Waals surface area contributed by atoms with Crippen LogP contribution in [-0.4, -0.2) is 45.7 Å². The smallest absolute Gasteiger partial charge is 0.165 e. The Morgan fingerprint density at radius 3 is 2.95 bits per heavy atom. The van der Waals surface area contributed by atoms with Crippen LogP contribution in [-0.2, 0) is 16.0 Å². The van der Waals surface area contributed by atoms with Crippen LogP contribution in [0.5, 0.6) is 11.5 Å². The number of ether oxygens (including phenoxy) is 4. The number of rotatable bonds is 4. The molecule has 5 nitrogen and oxygen atoms in total. The van der Waals surface area contributed by atoms with Crippen molar-refractivity contribution in [2.45, 2.75) is 19.1 Å². The summed E-state index contributed by atoms with van der Waals surface area (Å²) in [5.41, 5.74) is 1.13. The number of fused-ring (bicyclic) bond motifs is 1. The molecule has 2 aliphatic rings. The number of para-hydroxylation sites is 1. The highest BCUT2D eigenvalue weighted by Crippen LogP contribution is 2.33. The van der Waals surface area contributed by atoms with E-state index in [-0.39, 0.29) is 6.10 Å². The first-order chi connectivity index (χ1) is 9.93. The molecule has 1 unspecified atom stereocenters. The molecule has 2 heterocycles. The molecule has 0 saturated carbocycles. The van der Waals surface area contributed by atoms with E-state index in [9.17, 15) is 0 Å². The predicted octanol–water partition coefficient (Wildman–Crippen LogP) is 1.35. The lowest BCUT2D eigenvalue weighted by atomic mass is 10.2. The third-order valence-corrected chi connectivity index (χ3v) is 3.43. The normalized spacial score (nSPS) is 22.3. The molecule has 2 aliphatic heterocycles. The maximum Gasteiger partial charge on any atom is 0.165 e. The first kappa shape index (κ1) is 13.7. The van der Waals surface area contributed by atoms with Gasteiger partial charge in [-0.1, -0.05) is 12.1 Å². The largest absolute Gasteiger partial charge is 0.490 e. The summed E-state index contributed by atoms with van der Waals surface area (Å²) in [5, 5.41) is 3.40. The quantitative estimate of drug-likeness (QED) is 0.901. The van der Waals surface area contributed by atoms with Gasteiger partial charge in [-0.25, -0.2) is 0 Å². The van der Waals surface area contributed by atoms with Crippen molar-refractivity contribution in [3.63, 3.8) is 0 Å². The minimum Gasteiger partial charge on any atom is -0.490 e. The molecule has 1 fully saturated rings. The second-order valence-corrected chi connectivity index (χ2v) is 4.99. The van der Waals surface area contributed by atoms with E-state index in [0.717, 1.165) is 43.2 Å². The highest BCUT2D eigenvalue weighted by Gasteiger charge is 2.16. The summed E-state index contributed by atoms with van der Waals surface area (Å²) in [6.45, 7) is 5.01. The second-order valence-electron chi connectivity index (χ2n) is 4.99. The standard InChI is InChI=1S/C15H21NO4/c1-3-12(9-16-10-13-11-17-7-8-18-13)15-14(4-1)19-5-2-6-20-15/h1,3-4,13,16H,2,5-11H2. The van der Waals surface area contributed by atoms with Crippen LogP contribution in [0.15, 0.2) is 18.2 Å². The number of hydrogen-bond acceptors (Lipinski definition) is 5. The fourth-order valence-corrected chi connectivity index (χ4v) is 2.42. The summed E-state index contributed by atoms with van der Waals surface area (Å²) in [6.07, 6.45) is 1.07. The number of benzene rings is 1. The van der Waals surface area contributed by atoms with Crippen LogP contribution in [0.1, 0.15) is 12.0 Å². The van der Waals surface area contributed by atoms with Gasteiger partial charge in [-0.3, -0.25) is 0 Å². The predicted molar refractivity (Wildman–Crippen MR) is 74.3 cm³/mol. The van der Waals surface area contributed by atoms with Crippen LogP contribution < -0.4 is 14.8 Å². The van der Waals surface area contributed by atoms with Gasteiger partial charge in [0.05, 0.1) is 39.1 Å². The summed E-state index contributed by atoms with van der Waals surface area (Å²) in [6, 6.07) is 6.03. The van der Waals surface area contributed by atoms with E-state index >= 15 is 0 Å². The average Bonchev–Trinajstić information content (AvgIpc) is 2.74. The van der Waals surface area contributed by atoms with Crippen LogP contribution in [0, 0.1) is 0 Å². The SMILES string of the molecule is c1cc(CNCC2COCCO2)c2c(c1)OCCCO2. The summed E-state index contributed by atoms with van der Waals surface area (Å²) in [5.74, 6) is 1.72. The zero-order valence-electron chi connectivity index (χ0n) is 11.6. The summed E-state index contributed by atoms with van der Waals surface area (Å²) >= 11 is 0. The minimum atomic E-state index is 0.142. The fourth-order valence-electron chi connectivity index (χ4n) is 2.42. The van der Waals surface area contributed by atoms with Gasteiger partial charge >= 0.3 is 0 Å². The van der Waals surface area contributed by atoms with Gasteiger partial charge in [0.2, 0.25) is 0 Å². The average molecular weight is 279 g/mol. The van der Waals surface area contributed by atoms with Crippen LogP contribution in [0.2, 0.25) is 0 Å². The molecule has 1 saturated heterocycles. The molecule has 0 aromatic heterocycles. The minimum absolute atomic E-state index is 0.142. The molecular formula is C15H21NO4. The Balaban J connectivity index is 1.57. The zero-order valence-corrected chi connectivity index (χ0v) is 11.6. The van der Waals surface area contributed by atoms with E-state index < -0.39 is 0 Å². The Hall–Kier alpha value is -1.30. The van der Waals surface area contributed by atoms with Crippen LogP contribution in [0.25, 0.3) is 0 Å². The van der Waals surface area contributed by atoms with Crippen molar-refractivity contribution >= 4 is 0 Å². The molecule has 0 amide bonds. The van der Waals surface area contributed by atoms with Crippen molar-refractivity contribution in [3.8, 4) is 11.5 Å². The van der Waals surface area contributed by atoms with E-state index in [1.54, 1.807) is 0 Å². The van der Waals surface area contributed by atoms with E-state index in [0.29, 0.717) is 26.4 Å². The highest BCUT2D eigenvalue weighted by atomic mass is 16.6. The van der Waals surface area contributed by atoms with Crippen molar-refractivity contribution in [3.05, 3.63) is 23.8 Å². The first-order valence-electron chi connectivity index (χ1n) is 7.21. The molecule has 1 aromatic carbocycles. The Morgan fingerprint density at radius 2 is 2.05 bits per heavy atom. The summed E-state index contributed by atoms with van der Waals surface area (Å²) in [4.78, 5) is 0. The Bertz CT molecular complexity index is 432. The highest BCUT2D eigenvalue weighted by molar-refractivity contribution is 5.47. The molecule has 5 heteroatoms. The molecule has 0 spiro atoms. The Morgan fingerprint density at radius 1 is 1.10 bits per heavy atom. The Labute approximate surface area is 119 Å². The van der Waals surface area contributed by atoms with Crippen LogP contribution in [0.3, 0.4) is 0 Å². The van der Waals surface area contributed by atoms with Gasteiger partial charge in [0.25, 0.3) is 0 Å². The van der Waals surface area contributed by atoms with Gasteiger partial charge in [0, 0.05) is 25.1 Å². The molecule has 0 radical (unpaired) electrons. The van der Waals surface area contributed by atoms with Gasteiger partial charge < -0.3 is 24.3 Å². The molecule has 1 atom stereocenters. The fraction of sp³-hybridized carbons (Fsp3) is 0.600. The van der Waals surface area contributed by atoms with Gasteiger partial charge in [-0.15, -0.1) is 0 Å². The van der Waals surface area contributed by atoms with Crippen LogP contribution in [0.4, 0.5) is 0 Å². The topological polar surface area (TPSA) is 49.0 Å². The lowest BCUT2D eigenvalue weighted by molar-refractivity contribution is -0.0864. The van der Waals surface area contributed by atoms with Gasteiger partial charge in [0.15, 0.2) is 11.5 Å². The first-order valence-corrected chi connectivity index (χ1v) is 7.21. The molecule has 1 aromatic rings. The third-order valence-electron chi connectivity index (χ3n) is 3.43. The van der Waals surface area contributed by atoms with Crippen molar-refractivity contribution in [2.75, 3.05) is 39.6 Å². The third kappa shape index (κ3) is 3.42. The Kier molecular flexibility index (Phi) is 4.73. The van der Waals surface area contributed by atoms with Crippen molar-refractivity contribution < 1.29 is 18.9 Å². The van der Waals surface area contributed by atoms with E-state index in [2.05, 4.69) is 11.4 Å². The molecule has 20 heavy (non-hydrogen) atoms. The number of hydrogen-bond donors (Lipinski definition) is 1. The van der Waals surface area contributed by atoms with Gasteiger partial charge in [0.1, 0.15) is 0 Å². The second kappa shape index (κ2) is 6.92. The molecule has 0 aliphatic carbocycles. The zero-order chi connectivity index (χ0) is 13.6. The van der Waals surface area contributed by atoms with E-state index in [4.69, 9.17) is 18.9 Å². The van der Waals surface area contributed by atoms with Gasteiger partial charge in [-0.2, -0.15) is 0 Å². The van der Waals surface area contributed by atoms with Crippen LogP contribution >= 0.6 is 0 Å². The van der Waals surface area contributed by atoms with Crippen molar-refractivity contribution in [1.82, 2.24) is 5.32 Å². The molecular weight excluding hydrogens is 258 g/mol. The monoisotopic (exact) mass is 279 g/mol. The molecule has 110 valence electrons. The maximum atomic E-state index is 5.80.